The van der Waals surface area contributed by atoms with Crippen LogP contribution in [0.1, 0.15) is 72.1 Å². The van der Waals surface area contributed by atoms with Crippen LogP contribution in [0.2, 0.25) is 0 Å². The standard InChI is InChI=1S/C20H30O/c1-13-8-10-19(2)14(12-13)4-5-15-16-6-7-18(21)20(16,3)11-9-17(15)19/h4,13,15-17H,5-12H2,1-3H3/t13?,15?,16?,17?,19-,20-/m0/s1. The van der Waals surface area contributed by atoms with E-state index in [9.17, 15) is 4.79 Å². The predicted octanol–water partition coefficient (Wildman–Crippen LogP) is 5.15. The van der Waals surface area contributed by atoms with Gasteiger partial charge in [-0.1, -0.05) is 32.4 Å². The molecule has 4 rings (SSSR count). The Morgan fingerprint density at radius 2 is 1.76 bits per heavy atom. The number of carbonyl (C=O) groups is 1. The summed E-state index contributed by atoms with van der Waals surface area (Å²) in [6, 6.07) is 0. The number of carbonyl (C=O) groups excluding carboxylic acids is 1. The van der Waals surface area contributed by atoms with Crippen molar-refractivity contribution in [2.45, 2.75) is 72.1 Å². The molecule has 0 aromatic carbocycles. The molecule has 116 valence electrons. The molecule has 3 fully saturated rings. The van der Waals surface area contributed by atoms with E-state index in [2.05, 4.69) is 26.8 Å². The molecule has 0 aromatic rings. The van der Waals surface area contributed by atoms with Crippen LogP contribution in [0.15, 0.2) is 11.6 Å². The maximum absolute atomic E-state index is 12.4. The van der Waals surface area contributed by atoms with E-state index >= 15 is 0 Å². The van der Waals surface area contributed by atoms with Gasteiger partial charge in [0.25, 0.3) is 0 Å². The van der Waals surface area contributed by atoms with Crippen LogP contribution in [0.3, 0.4) is 0 Å². The molecule has 4 unspecified atom stereocenters. The molecule has 0 spiro atoms. The van der Waals surface area contributed by atoms with Crippen molar-refractivity contribution < 1.29 is 4.79 Å². The van der Waals surface area contributed by atoms with Gasteiger partial charge in [0, 0.05) is 11.8 Å². The van der Waals surface area contributed by atoms with Crippen LogP contribution in [0.5, 0.6) is 0 Å². The highest BCUT2D eigenvalue weighted by molar-refractivity contribution is 5.87. The fourth-order valence-electron chi connectivity index (χ4n) is 6.61. The van der Waals surface area contributed by atoms with Crippen LogP contribution in [0.4, 0.5) is 0 Å². The lowest BCUT2D eigenvalue weighted by Gasteiger charge is -2.57. The summed E-state index contributed by atoms with van der Waals surface area (Å²) in [5, 5.41) is 0. The smallest absolute Gasteiger partial charge is 0.139 e. The maximum atomic E-state index is 12.4. The molecule has 6 atom stereocenters. The summed E-state index contributed by atoms with van der Waals surface area (Å²) < 4.78 is 0. The van der Waals surface area contributed by atoms with E-state index in [0.717, 1.165) is 30.6 Å². The summed E-state index contributed by atoms with van der Waals surface area (Å²) in [6.45, 7) is 7.26. The van der Waals surface area contributed by atoms with E-state index in [1.807, 2.05) is 0 Å². The summed E-state index contributed by atoms with van der Waals surface area (Å²) in [5.74, 6) is 3.77. The number of Topliss-reactive ketones (excluding diaryl/α,β-unsaturated/α-hetero) is 1. The number of ketones is 1. The first kappa shape index (κ1) is 14.0. The highest BCUT2D eigenvalue weighted by atomic mass is 16.1. The second kappa shape index (κ2) is 4.46. The van der Waals surface area contributed by atoms with Crippen molar-refractivity contribution in [1.82, 2.24) is 0 Å². The fourth-order valence-corrected chi connectivity index (χ4v) is 6.61. The second-order valence-electron chi connectivity index (χ2n) is 9.03. The molecule has 4 aliphatic rings. The van der Waals surface area contributed by atoms with Gasteiger partial charge in [-0.2, -0.15) is 0 Å². The molecular formula is C20H30O. The topological polar surface area (TPSA) is 17.1 Å². The van der Waals surface area contributed by atoms with Crippen molar-refractivity contribution >= 4 is 5.78 Å². The van der Waals surface area contributed by atoms with Crippen molar-refractivity contribution in [1.29, 1.82) is 0 Å². The van der Waals surface area contributed by atoms with Crippen molar-refractivity contribution in [3.05, 3.63) is 11.6 Å². The van der Waals surface area contributed by atoms with Gasteiger partial charge in [-0.25, -0.2) is 0 Å². The second-order valence-corrected chi connectivity index (χ2v) is 9.03. The van der Waals surface area contributed by atoms with Crippen molar-refractivity contribution in [3.8, 4) is 0 Å². The summed E-state index contributed by atoms with van der Waals surface area (Å²) in [4.78, 5) is 12.4. The molecule has 1 nitrogen and oxygen atoms in total. The number of fused-ring (bicyclic) bond motifs is 5. The number of allylic oxidation sites excluding steroid dienone is 2. The molecule has 0 amide bonds. The molecule has 1 heteroatoms. The molecule has 0 radical (unpaired) electrons. The normalized spacial score (nSPS) is 52.7. The Morgan fingerprint density at radius 3 is 2.57 bits per heavy atom. The lowest BCUT2D eigenvalue weighted by molar-refractivity contribution is -0.131. The fraction of sp³-hybridized carbons (Fsp3) is 0.850. The molecule has 3 saturated carbocycles. The Morgan fingerprint density at radius 1 is 1.05 bits per heavy atom. The predicted molar refractivity (Wildman–Crippen MR) is 85.9 cm³/mol. The van der Waals surface area contributed by atoms with Crippen LogP contribution in [-0.4, -0.2) is 5.78 Å². The van der Waals surface area contributed by atoms with Gasteiger partial charge in [0.05, 0.1) is 0 Å². The molecule has 0 aromatic heterocycles. The maximum Gasteiger partial charge on any atom is 0.139 e. The van der Waals surface area contributed by atoms with Crippen LogP contribution < -0.4 is 0 Å². The molecule has 0 aliphatic heterocycles. The Balaban J connectivity index is 1.69. The van der Waals surface area contributed by atoms with Gasteiger partial charge in [0.15, 0.2) is 0 Å². The highest BCUT2D eigenvalue weighted by Gasteiger charge is 2.58. The summed E-state index contributed by atoms with van der Waals surface area (Å²) in [5.41, 5.74) is 2.27. The summed E-state index contributed by atoms with van der Waals surface area (Å²) in [6.07, 6.45) is 12.5. The van der Waals surface area contributed by atoms with Crippen LogP contribution >= 0.6 is 0 Å². The molecule has 0 N–H and O–H groups in total. The van der Waals surface area contributed by atoms with Gasteiger partial charge >= 0.3 is 0 Å². The Hall–Kier alpha value is -0.590. The minimum absolute atomic E-state index is 0.0326. The molecular weight excluding hydrogens is 256 g/mol. The van der Waals surface area contributed by atoms with Crippen molar-refractivity contribution in [2.75, 3.05) is 0 Å². The molecule has 21 heavy (non-hydrogen) atoms. The quantitative estimate of drug-likeness (QED) is 0.562. The Kier molecular flexibility index (Phi) is 2.98. The first-order valence-corrected chi connectivity index (χ1v) is 9.18. The minimum Gasteiger partial charge on any atom is -0.299 e. The number of hydrogen-bond donors (Lipinski definition) is 0. The zero-order chi connectivity index (χ0) is 14.8. The van der Waals surface area contributed by atoms with E-state index < -0.39 is 0 Å². The largest absolute Gasteiger partial charge is 0.299 e. The van der Waals surface area contributed by atoms with Gasteiger partial charge in [0.1, 0.15) is 5.78 Å². The molecule has 4 aliphatic carbocycles. The van der Waals surface area contributed by atoms with E-state index in [1.54, 1.807) is 5.57 Å². The zero-order valence-electron chi connectivity index (χ0n) is 14.0. The number of rotatable bonds is 0. The highest BCUT2D eigenvalue weighted by Crippen LogP contribution is 2.64. The zero-order valence-corrected chi connectivity index (χ0v) is 14.0. The lowest BCUT2D eigenvalue weighted by atomic mass is 9.47. The Labute approximate surface area is 129 Å². The Bertz CT molecular complexity index is 504. The van der Waals surface area contributed by atoms with Gasteiger partial charge < -0.3 is 0 Å². The van der Waals surface area contributed by atoms with Crippen LogP contribution in [-0.2, 0) is 4.79 Å². The SMILES string of the molecule is CC1CC[C@@]2(C)C(=CCC3C2CC[C@]2(C)C(=O)CCC32)C1. The van der Waals surface area contributed by atoms with Gasteiger partial charge in [-0.05, 0) is 74.0 Å². The molecule has 0 bridgehead atoms. The average Bonchev–Trinajstić information content (AvgIpc) is 2.76. The van der Waals surface area contributed by atoms with E-state index in [0.29, 0.717) is 17.1 Å². The first-order chi connectivity index (χ1) is 9.95. The van der Waals surface area contributed by atoms with Crippen molar-refractivity contribution in [3.63, 3.8) is 0 Å². The average molecular weight is 286 g/mol. The van der Waals surface area contributed by atoms with E-state index in [1.165, 1.54) is 38.5 Å². The first-order valence-electron chi connectivity index (χ1n) is 9.18. The summed E-state index contributed by atoms with van der Waals surface area (Å²) >= 11 is 0. The third-order valence-corrected chi connectivity index (χ3v) is 8.06. The minimum atomic E-state index is 0.0326. The van der Waals surface area contributed by atoms with E-state index in [-0.39, 0.29) is 5.41 Å². The monoisotopic (exact) mass is 286 g/mol. The molecule has 0 heterocycles. The van der Waals surface area contributed by atoms with E-state index in [4.69, 9.17) is 0 Å². The van der Waals surface area contributed by atoms with Crippen LogP contribution in [0, 0.1) is 34.5 Å². The van der Waals surface area contributed by atoms with Gasteiger partial charge in [-0.3, -0.25) is 4.79 Å². The van der Waals surface area contributed by atoms with Crippen molar-refractivity contribution in [2.24, 2.45) is 34.5 Å². The van der Waals surface area contributed by atoms with Crippen LogP contribution in [0.25, 0.3) is 0 Å². The third kappa shape index (κ3) is 1.79. The lowest BCUT2D eigenvalue weighted by Crippen LogP contribution is -2.50. The molecule has 0 saturated heterocycles. The van der Waals surface area contributed by atoms with Gasteiger partial charge in [0.2, 0.25) is 0 Å². The number of hydrogen-bond acceptors (Lipinski definition) is 1. The third-order valence-electron chi connectivity index (χ3n) is 8.06. The summed E-state index contributed by atoms with van der Waals surface area (Å²) in [7, 11) is 0. The van der Waals surface area contributed by atoms with Gasteiger partial charge in [-0.15, -0.1) is 0 Å².